The van der Waals surface area contributed by atoms with E-state index in [1.807, 2.05) is 25.1 Å². The van der Waals surface area contributed by atoms with Gasteiger partial charge in [-0.05, 0) is 25.0 Å². The number of carbonyl (C=O) groups is 1. The molecule has 2 rings (SSSR count). The molecule has 1 N–H and O–H groups in total. The second-order valence-corrected chi connectivity index (χ2v) is 4.36. The van der Waals surface area contributed by atoms with Crippen molar-refractivity contribution in [1.29, 1.82) is 0 Å². The Balaban J connectivity index is 2.07. The Bertz CT molecular complexity index is 569. The molecule has 0 bridgehead atoms. The summed E-state index contributed by atoms with van der Waals surface area (Å²) in [6.07, 6.45) is 4.60. The van der Waals surface area contributed by atoms with Crippen LogP contribution in [0, 0.1) is 6.92 Å². The number of hydrogen-bond acceptors (Lipinski definition) is 2. The summed E-state index contributed by atoms with van der Waals surface area (Å²) >= 11 is 0. The molecule has 0 aliphatic heterocycles. The van der Waals surface area contributed by atoms with Crippen LogP contribution in [-0.2, 0) is 11.2 Å². The predicted octanol–water partition coefficient (Wildman–Crippen LogP) is 2.98. The summed E-state index contributed by atoms with van der Waals surface area (Å²) in [6, 6.07) is 6.01. The molecule has 0 atom stereocenters. The monoisotopic (exact) mass is 243 g/mol. The highest BCUT2D eigenvalue weighted by atomic mass is 16.3. The van der Waals surface area contributed by atoms with Crippen molar-refractivity contribution in [3.05, 3.63) is 48.2 Å². The van der Waals surface area contributed by atoms with Crippen molar-refractivity contribution in [2.24, 2.45) is 0 Å². The van der Waals surface area contributed by atoms with Crippen molar-refractivity contribution < 1.29 is 9.21 Å². The Hall–Kier alpha value is -2.03. The van der Waals surface area contributed by atoms with Gasteiger partial charge in [-0.2, -0.15) is 0 Å². The van der Waals surface area contributed by atoms with Gasteiger partial charge in [0, 0.05) is 17.5 Å². The van der Waals surface area contributed by atoms with E-state index in [1.54, 1.807) is 12.3 Å². The minimum Gasteiger partial charge on any atom is -0.464 e. The van der Waals surface area contributed by atoms with Crippen LogP contribution in [0.15, 0.2) is 41.5 Å². The molecule has 1 aromatic heterocycles. The van der Waals surface area contributed by atoms with Gasteiger partial charge < -0.3 is 9.73 Å². The molecule has 0 aliphatic rings. The first-order valence-corrected chi connectivity index (χ1v) is 6.05. The molecule has 0 spiro atoms. The lowest BCUT2D eigenvalue weighted by Gasteiger charge is -2.02. The lowest BCUT2D eigenvalue weighted by atomic mass is 10.1. The van der Waals surface area contributed by atoms with E-state index < -0.39 is 0 Å². The van der Waals surface area contributed by atoms with Crippen LogP contribution in [0.3, 0.4) is 0 Å². The summed E-state index contributed by atoms with van der Waals surface area (Å²) in [5.74, 6) is 0.0140. The lowest BCUT2D eigenvalue weighted by molar-refractivity contribution is -0.120. The number of amides is 1. The highest BCUT2D eigenvalue weighted by Crippen LogP contribution is 2.22. The van der Waals surface area contributed by atoms with Crippen molar-refractivity contribution in [2.75, 3.05) is 6.54 Å². The van der Waals surface area contributed by atoms with Crippen LogP contribution < -0.4 is 5.32 Å². The SMILES string of the molecule is C=CCCNC(=O)Cc1coc2cc(C)ccc12. The zero-order valence-electron chi connectivity index (χ0n) is 10.5. The molecular formula is C15H17NO2. The molecule has 1 amide bonds. The number of aryl methyl sites for hydroxylation is 1. The van der Waals surface area contributed by atoms with Gasteiger partial charge >= 0.3 is 0 Å². The van der Waals surface area contributed by atoms with E-state index in [9.17, 15) is 4.79 Å². The standard InChI is InChI=1S/C15H17NO2/c1-3-4-7-16-15(17)9-12-10-18-14-8-11(2)5-6-13(12)14/h3,5-6,8,10H,1,4,7,9H2,2H3,(H,16,17). The summed E-state index contributed by atoms with van der Waals surface area (Å²) < 4.78 is 5.46. The fourth-order valence-electron chi connectivity index (χ4n) is 1.88. The number of rotatable bonds is 5. The van der Waals surface area contributed by atoms with Crippen molar-refractivity contribution in [2.45, 2.75) is 19.8 Å². The van der Waals surface area contributed by atoms with Crippen molar-refractivity contribution >= 4 is 16.9 Å². The first-order valence-electron chi connectivity index (χ1n) is 6.05. The van der Waals surface area contributed by atoms with Crippen LogP contribution in [0.4, 0.5) is 0 Å². The molecule has 0 saturated carbocycles. The normalized spacial score (nSPS) is 10.5. The average Bonchev–Trinajstić information content (AvgIpc) is 2.72. The summed E-state index contributed by atoms with van der Waals surface area (Å²) in [6.45, 7) is 6.27. The molecule has 0 fully saturated rings. The van der Waals surface area contributed by atoms with Crippen LogP contribution in [0.2, 0.25) is 0 Å². The van der Waals surface area contributed by atoms with Gasteiger partial charge in [0.1, 0.15) is 5.58 Å². The number of carbonyl (C=O) groups excluding carboxylic acids is 1. The van der Waals surface area contributed by atoms with E-state index in [4.69, 9.17) is 4.42 Å². The smallest absolute Gasteiger partial charge is 0.224 e. The summed E-state index contributed by atoms with van der Waals surface area (Å²) in [5, 5.41) is 3.86. The molecule has 0 aliphatic carbocycles. The molecular weight excluding hydrogens is 226 g/mol. The maximum absolute atomic E-state index is 11.7. The predicted molar refractivity (Wildman–Crippen MR) is 72.5 cm³/mol. The van der Waals surface area contributed by atoms with Crippen LogP contribution >= 0.6 is 0 Å². The Labute approximate surface area is 106 Å². The summed E-state index contributed by atoms with van der Waals surface area (Å²) in [5.41, 5.74) is 2.92. The number of nitrogens with one attached hydrogen (secondary N) is 1. The van der Waals surface area contributed by atoms with Crippen molar-refractivity contribution in [3.8, 4) is 0 Å². The Morgan fingerprint density at radius 2 is 2.33 bits per heavy atom. The van der Waals surface area contributed by atoms with E-state index >= 15 is 0 Å². The highest BCUT2D eigenvalue weighted by molar-refractivity contribution is 5.87. The van der Waals surface area contributed by atoms with Gasteiger partial charge in [-0.25, -0.2) is 0 Å². The molecule has 1 heterocycles. The van der Waals surface area contributed by atoms with E-state index in [-0.39, 0.29) is 5.91 Å². The first kappa shape index (κ1) is 12.4. The third kappa shape index (κ3) is 2.80. The van der Waals surface area contributed by atoms with Crippen LogP contribution in [0.25, 0.3) is 11.0 Å². The molecule has 0 radical (unpaired) electrons. The number of hydrogen-bond donors (Lipinski definition) is 1. The number of fused-ring (bicyclic) bond motifs is 1. The summed E-state index contributed by atoms with van der Waals surface area (Å²) in [4.78, 5) is 11.7. The Morgan fingerprint density at radius 1 is 1.50 bits per heavy atom. The van der Waals surface area contributed by atoms with Gasteiger partial charge in [-0.15, -0.1) is 6.58 Å². The largest absolute Gasteiger partial charge is 0.464 e. The minimum absolute atomic E-state index is 0.0140. The van der Waals surface area contributed by atoms with Gasteiger partial charge in [0.25, 0.3) is 0 Å². The quantitative estimate of drug-likeness (QED) is 0.648. The lowest BCUT2D eigenvalue weighted by Crippen LogP contribution is -2.25. The molecule has 3 heteroatoms. The molecule has 0 saturated heterocycles. The molecule has 0 unspecified atom stereocenters. The fourth-order valence-corrected chi connectivity index (χ4v) is 1.88. The Kier molecular flexibility index (Phi) is 3.82. The van der Waals surface area contributed by atoms with Crippen LogP contribution in [0.1, 0.15) is 17.5 Å². The zero-order valence-corrected chi connectivity index (χ0v) is 10.5. The van der Waals surface area contributed by atoms with E-state index in [2.05, 4.69) is 11.9 Å². The maximum atomic E-state index is 11.7. The van der Waals surface area contributed by atoms with Gasteiger partial charge in [0.05, 0.1) is 12.7 Å². The van der Waals surface area contributed by atoms with Crippen molar-refractivity contribution in [1.82, 2.24) is 5.32 Å². The zero-order chi connectivity index (χ0) is 13.0. The minimum atomic E-state index is 0.0140. The maximum Gasteiger partial charge on any atom is 0.224 e. The van der Waals surface area contributed by atoms with Crippen LogP contribution in [0.5, 0.6) is 0 Å². The Morgan fingerprint density at radius 3 is 3.11 bits per heavy atom. The second-order valence-electron chi connectivity index (χ2n) is 4.36. The van der Waals surface area contributed by atoms with E-state index in [1.165, 1.54) is 0 Å². The third-order valence-corrected chi connectivity index (χ3v) is 2.83. The van der Waals surface area contributed by atoms with Crippen LogP contribution in [-0.4, -0.2) is 12.5 Å². The van der Waals surface area contributed by atoms with Crippen molar-refractivity contribution in [3.63, 3.8) is 0 Å². The fraction of sp³-hybridized carbons (Fsp3) is 0.267. The molecule has 2 aromatic rings. The average molecular weight is 243 g/mol. The molecule has 18 heavy (non-hydrogen) atoms. The molecule has 3 nitrogen and oxygen atoms in total. The highest BCUT2D eigenvalue weighted by Gasteiger charge is 2.09. The van der Waals surface area contributed by atoms with Gasteiger partial charge in [0.15, 0.2) is 0 Å². The first-order chi connectivity index (χ1) is 8.70. The van der Waals surface area contributed by atoms with Gasteiger partial charge in [-0.3, -0.25) is 4.79 Å². The number of benzene rings is 1. The van der Waals surface area contributed by atoms with Gasteiger partial charge in [-0.1, -0.05) is 18.2 Å². The molecule has 1 aromatic carbocycles. The topological polar surface area (TPSA) is 42.2 Å². The second kappa shape index (κ2) is 5.54. The summed E-state index contributed by atoms with van der Waals surface area (Å²) in [7, 11) is 0. The van der Waals surface area contributed by atoms with E-state index in [0.29, 0.717) is 13.0 Å². The molecule has 94 valence electrons. The third-order valence-electron chi connectivity index (χ3n) is 2.83. The van der Waals surface area contributed by atoms with E-state index in [0.717, 1.165) is 28.5 Å². The van der Waals surface area contributed by atoms with Gasteiger partial charge in [0.2, 0.25) is 5.91 Å². The number of furan rings is 1.